The molecule has 8 nitrogen and oxygen atoms in total. The number of carbonyl (C=O) groups excluding carboxylic acids is 2. The molecule has 0 N–H and O–H groups in total. The Morgan fingerprint density at radius 2 is 0.979 bits per heavy atom. The van der Waals surface area contributed by atoms with Gasteiger partial charge in [0.05, 0.1) is 57.6 Å². The van der Waals surface area contributed by atoms with Crippen molar-refractivity contribution in [3.8, 4) is 0 Å². The number of benzene rings is 4. The Labute approximate surface area is 298 Å². The fraction of sp³-hybridized carbons (Fsp3) is 0.278. The van der Waals surface area contributed by atoms with Crippen LogP contribution in [0.15, 0.2) is 91.0 Å². The summed E-state index contributed by atoms with van der Waals surface area (Å²) in [6.45, 7) is 0.405. The maximum atomic E-state index is 13.7. The lowest BCUT2D eigenvalue weighted by Crippen LogP contribution is -2.63. The highest BCUT2D eigenvalue weighted by atomic mass is 35.5. The van der Waals surface area contributed by atoms with Gasteiger partial charge in [0.2, 0.25) is 0 Å². The Hall–Kier alpha value is -3.02. The standard InChI is InChI=1S/C36H31Cl4NO7/c1-44-36-33(47-20-23-15-9-4-10-16-23)32(46-19-22-13-7-3-8-14-22)31(45-18-21-11-5-2-6-12-21)24(48-36)17-41-34(42)25-26(35(41)43)28(38)30(40)29(39)27(25)37/h2-16,24,31-33,36H,17-20H2,1H3/t24-,31-,32+,33-,36+/m1/s1. The first-order chi connectivity index (χ1) is 23.3. The lowest BCUT2D eigenvalue weighted by Gasteiger charge is -2.46. The molecule has 6 rings (SSSR count). The number of carbonyl (C=O) groups is 2. The number of hydrogen-bond donors (Lipinski definition) is 0. The maximum absolute atomic E-state index is 13.7. The van der Waals surface area contributed by atoms with Crippen molar-refractivity contribution in [1.29, 1.82) is 0 Å². The summed E-state index contributed by atoms with van der Waals surface area (Å²) in [5, 5.41) is -0.543. The minimum atomic E-state index is -0.956. The summed E-state index contributed by atoms with van der Waals surface area (Å²) in [5.74, 6) is -1.38. The average molecular weight is 731 g/mol. The van der Waals surface area contributed by atoms with Crippen LogP contribution in [0.4, 0.5) is 0 Å². The number of imide groups is 1. The van der Waals surface area contributed by atoms with Gasteiger partial charge in [-0.25, -0.2) is 0 Å². The van der Waals surface area contributed by atoms with Crippen molar-refractivity contribution in [2.75, 3.05) is 13.7 Å². The van der Waals surface area contributed by atoms with Gasteiger partial charge in [0, 0.05) is 7.11 Å². The molecule has 48 heavy (non-hydrogen) atoms. The Morgan fingerprint density at radius 1 is 0.583 bits per heavy atom. The first-order valence-electron chi connectivity index (χ1n) is 15.2. The molecule has 1 saturated heterocycles. The third-order valence-corrected chi connectivity index (χ3v) is 10.0. The number of methoxy groups -OCH3 is 1. The molecule has 0 unspecified atom stereocenters. The molecule has 5 atom stereocenters. The predicted octanol–water partition coefficient (Wildman–Crippen LogP) is 8.02. The van der Waals surface area contributed by atoms with Crippen molar-refractivity contribution in [1.82, 2.24) is 4.90 Å². The van der Waals surface area contributed by atoms with Crippen LogP contribution >= 0.6 is 46.4 Å². The van der Waals surface area contributed by atoms with E-state index in [1.165, 1.54) is 7.11 Å². The van der Waals surface area contributed by atoms with Gasteiger partial charge in [-0.15, -0.1) is 0 Å². The molecule has 2 aliphatic rings. The van der Waals surface area contributed by atoms with Gasteiger partial charge in [-0.2, -0.15) is 0 Å². The van der Waals surface area contributed by atoms with E-state index in [1.807, 2.05) is 91.0 Å². The fourth-order valence-electron chi connectivity index (χ4n) is 5.82. The summed E-state index contributed by atoms with van der Waals surface area (Å²) in [7, 11) is 1.49. The van der Waals surface area contributed by atoms with Crippen LogP contribution in [0.25, 0.3) is 0 Å². The van der Waals surface area contributed by atoms with Gasteiger partial charge < -0.3 is 23.7 Å². The molecular formula is C36H31Cl4NO7. The Bertz CT molecular complexity index is 1700. The smallest absolute Gasteiger partial charge is 0.263 e. The molecule has 0 aliphatic carbocycles. The molecule has 1 fully saturated rings. The van der Waals surface area contributed by atoms with Gasteiger partial charge in [0.1, 0.15) is 24.4 Å². The predicted molar refractivity (Wildman–Crippen MR) is 183 cm³/mol. The minimum Gasteiger partial charge on any atom is -0.368 e. The summed E-state index contributed by atoms with van der Waals surface area (Å²) in [6, 6.07) is 29.0. The van der Waals surface area contributed by atoms with Crippen LogP contribution in [-0.2, 0) is 43.5 Å². The van der Waals surface area contributed by atoms with Gasteiger partial charge >= 0.3 is 0 Å². The largest absolute Gasteiger partial charge is 0.368 e. The summed E-state index contributed by atoms with van der Waals surface area (Å²) in [5.41, 5.74) is 2.52. The second-order valence-electron chi connectivity index (χ2n) is 11.3. The summed E-state index contributed by atoms with van der Waals surface area (Å²) in [6.07, 6.45) is -4.26. The molecule has 0 radical (unpaired) electrons. The van der Waals surface area contributed by atoms with Gasteiger partial charge in [-0.1, -0.05) is 137 Å². The third kappa shape index (κ3) is 7.28. The van der Waals surface area contributed by atoms with Crippen LogP contribution in [0.5, 0.6) is 0 Å². The molecule has 2 aliphatic heterocycles. The Kier molecular flexibility index (Phi) is 11.4. The van der Waals surface area contributed by atoms with Crippen LogP contribution < -0.4 is 0 Å². The quantitative estimate of drug-likeness (QED) is 0.0830. The molecule has 250 valence electrons. The van der Waals surface area contributed by atoms with E-state index in [-0.39, 0.29) is 57.6 Å². The molecule has 0 bridgehead atoms. The van der Waals surface area contributed by atoms with E-state index in [9.17, 15) is 9.59 Å². The van der Waals surface area contributed by atoms with E-state index in [1.54, 1.807) is 0 Å². The van der Waals surface area contributed by atoms with Crippen LogP contribution in [-0.4, -0.2) is 61.1 Å². The zero-order chi connectivity index (χ0) is 33.8. The van der Waals surface area contributed by atoms with Crippen molar-refractivity contribution in [2.24, 2.45) is 0 Å². The highest BCUT2D eigenvalue weighted by Gasteiger charge is 2.51. The number of ether oxygens (including phenoxy) is 5. The van der Waals surface area contributed by atoms with Gasteiger partial charge in [0.25, 0.3) is 11.8 Å². The van der Waals surface area contributed by atoms with Crippen LogP contribution in [0.2, 0.25) is 20.1 Å². The van der Waals surface area contributed by atoms with Crippen LogP contribution in [0, 0.1) is 0 Å². The number of rotatable bonds is 12. The zero-order valence-electron chi connectivity index (χ0n) is 25.7. The number of fused-ring (bicyclic) bond motifs is 1. The van der Waals surface area contributed by atoms with Crippen molar-refractivity contribution in [2.45, 2.75) is 50.5 Å². The summed E-state index contributed by atoms with van der Waals surface area (Å²) >= 11 is 25.3. The van der Waals surface area contributed by atoms with E-state index in [0.717, 1.165) is 21.6 Å². The summed E-state index contributed by atoms with van der Waals surface area (Å²) < 4.78 is 31.9. The number of halogens is 4. The minimum absolute atomic E-state index is 0.115. The molecule has 4 aromatic rings. The molecule has 0 spiro atoms. The second kappa shape index (κ2) is 15.7. The molecule has 2 amide bonds. The van der Waals surface area contributed by atoms with E-state index >= 15 is 0 Å². The second-order valence-corrected chi connectivity index (χ2v) is 12.8. The third-order valence-electron chi connectivity index (χ3n) is 8.23. The van der Waals surface area contributed by atoms with Gasteiger partial charge in [0.15, 0.2) is 6.29 Å². The first kappa shape index (κ1) is 34.8. The zero-order valence-corrected chi connectivity index (χ0v) is 28.7. The molecule has 0 saturated carbocycles. The Morgan fingerprint density at radius 3 is 1.40 bits per heavy atom. The topological polar surface area (TPSA) is 83.5 Å². The monoisotopic (exact) mass is 729 g/mol. The molecular weight excluding hydrogens is 700 g/mol. The fourth-order valence-corrected chi connectivity index (χ4v) is 6.84. The van der Waals surface area contributed by atoms with Gasteiger partial charge in [-0.3, -0.25) is 14.5 Å². The Balaban J connectivity index is 1.35. The van der Waals surface area contributed by atoms with Crippen LogP contribution in [0.1, 0.15) is 37.4 Å². The maximum Gasteiger partial charge on any atom is 0.263 e. The molecule has 4 aromatic carbocycles. The lowest BCUT2D eigenvalue weighted by atomic mass is 9.97. The van der Waals surface area contributed by atoms with E-state index in [4.69, 9.17) is 70.1 Å². The number of amides is 2. The van der Waals surface area contributed by atoms with E-state index < -0.39 is 42.5 Å². The van der Waals surface area contributed by atoms with Crippen molar-refractivity contribution < 1.29 is 33.3 Å². The number of nitrogens with zero attached hydrogens (tertiary/aromatic N) is 1. The highest BCUT2D eigenvalue weighted by molar-refractivity contribution is 6.55. The van der Waals surface area contributed by atoms with Crippen molar-refractivity contribution in [3.63, 3.8) is 0 Å². The normalized spacial score (nSPS) is 22.3. The van der Waals surface area contributed by atoms with Crippen LogP contribution in [0.3, 0.4) is 0 Å². The highest BCUT2D eigenvalue weighted by Crippen LogP contribution is 2.45. The molecule has 0 aromatic heterocycles. The first-order valence-corrected chi connectivity index (χ1v) is 16.7. The SMILES string of the molecule is CO[C@H]1O[C@H](CN2C(=O)c3c(Cl)c(Cl)c(Cl)c(Cl)c3C2=O)[C@@H](OCc2ccccc2)[C@H](OCc2ccccc2)[C@H]1OCc1ccccc1. The van der Waals surface area contributed by atoms with Gasteiger partial charge in [-0.05, 0) is 16.7 Å². The molecule has 12 heteroatoms. The lowest BCUT2D eigenvalue weighted by molar-refractivity contribution is -0.318. The van der Waals surface area contributed by atoms with Crippen molar-refractivity contribution >= 4 is 58.2 Å². The molecule has 2 heterocycles. The number of hydrogen-bond acceptors (Lipinski definition) is 7. The van der Waals surface area contributed by atoms with E-state index in [2.05, 4.69) is 0 Å². The van der Waals surface area contributed by atoms with Crippen molar-refractivity contribution in [3.05, 3.63) is 139 Å². The van der Waals surface area contributed by atoms with E-state index in [0.29, 0.717) is 0 Å². The summed E-state index contributed by atoms with van der Waals surface area (Å²) in [4.78, 5) is 28.5. The average Bonchev–Trinajstić information content (AvgIpc) is 3.37.